The van der Waals surface area contributed by atoms with Gasteiger partial charge in [0.1, 0.15) is 0 Å². The summed E-state index contributed by atoms with van der Waals surface area (Å²) in [6.45, 7) is 6.26. The van der Waals surface area contributed by atoms with Gasteiger partial charge < -0.3 is 26.4 Å². The first-order valence-electron chi connectivity index (χ1n) is 13.7. The Morgan fingerprint density at radius 3 is 2.53 bits per heavy atom. The fourth-order valence-corrected chi connectivity index (χ4v) is 10.6. The number of carbonyl (C=O) groups is 1. The van der Waals surface area contributed by atoms with Gasteiger partial charge in [0.25, 0.3) is 10.1 Å². The minimum Gasteiger partial charge on any atom is -0.393 e. The third kappa shape index (κ3) is 3.43. The minimum atomic E-state index is -4.40. The van der Waals surface area contributed by atoms with Gasteiger partial charge in [-0.15, -0.1) is 0 Å². The van der Waals surface area contributed by atoms with Gasteiger partial charge in [-0.3, -0.25) is 9.35 Å². The molecule has 0 aromatic heterocycles. The molecule has 5 aliphatic carbocycles. The van der Waals surface area contributed by atoms with Gasteiger partial charge in [0.2, 0.25) is 5.91 Å². The zero-order chi connectivity index (χ0) is 26.5. The molecular weight excluding hydrogens is 484 g/mol. The molecule has 0 aliphatic heterocycles. The average molecular weight is 529 g/mol. The zero-order valence-electron chi connectivity index (χ0n) is 21.7. The van der Waals surface area contributed by atoms with E-state index < -0.39 is 32.6 Å². The van der Waals surface area contributed by atoms with E-state index in [0.717, 1.165) is 32.1 Å². The minimum absolute atomic E-state index is 0.0482. The lowest BCUT2D eigenvalue weighted by atomic mass is 9.50. The number of fused-ring (bicyclic) bond motifs is 2. The van der Waals surface area contributed by atoms with E-state index in [1.807, 2.05) is 0 Å². The van der Waals surface area contributed by atoms with E-state index in [9.17, 15) is 28.5 Å². The smallest absolute Gasteiger partial charge is 0.282 e. The van der Waals surface area contributed by atoms with Crippen molar-refractivity contribution < 1.29 is 33.1 Å². The molecule has 5 rings (SSSR count). The standard InChI is InChI=1S/C26H44N2O7S/c1-14(4-5-21(31)28-13-20(27)36(33,34)35)17-7-9-25-22-18(11-19(30)24(17,25)3)23(2)8-6-16(29)10-15(23)12-26(22,25)32/h14-20,22,29-30,32H,4-13,27H2,1-3H3,(H,28,31)(H,33,34,35)/t14-,15+,16-,17-,18+,19+,20-,22-,23+,24+,25-,26-/m1/s1. The highest BCUT2D eigenvalue weighted by Crippen LogP contribution is 2.89. The van der Waals surface area contributed by atoms with Crippen molar-refractivity contribution in [1.82, 2.24) is 5.32 Å². The van der Waals surface area contributed by atoms with Crippen molar-refractivity contribution in [3.8, 4) is 0 Å². The van der Waals surface area contributed by atoms with Gasteiger partial charge >= 0.3 is 0 Å². The van der Waals surface area contributed by atoms with Crippen molar-refractivity contribution in [3.05, 3.63) is 0 Å². The third-order valence-corrected chi connectivity index (χ3v) is 13.1. The SMILES string of the molecule is C[C@H](CCC(=O)NC[C@H](N)S(=O)(=O)O)[C@H]1CC[C@@]23[C@H]4[C@H](C[C@H](O)[C@]12C)[C@@]1(C)CC[C@@H](O)C[C@H]1C[C@@]43O. The van der Waals surface area contributed by atoms with Gasteiger partial charge in [-0.05, 0) is 80.5 Å². The Hall–Kier alpha value is -0.780. The van der Waals surface area contributed by atoms with Crippen LogP contribution in [0.3, 0.4) is 0 Å². The van der Waals surface area contributed by atoms with Crippen molar-refractivity contribution >= 4 is 16.0 Å². The summed E-state index contributed by atoms with van der Waals surface area (Å²) in [6, 6.07) is 0. The quantitative estimate of drug-likeness (QED) is 0.269. The first-order valence-corrected chi connectivity index (χ1v) is 15.2. The molecular formula is C26H44N2O7S. The number of nitrogens with one attached hydrogen (secondary N) is 1. The summed E-state index contributed by atoms with van der Waals surface area (Å²) >= 11 is 0. The van der Waals surface area contributed by atoms with Crippen LogP contribution in [0.2, 0.25) is 0 Å². The highest BCUT2D eigenvalue weighted by molar-refractivity contribution is 7.86. The normalized spacial score (nSPS) is 50.9. The molecule has 0 aromatic carbocycles. The monoisotopic (exact) mass is 528 g/mol. The van der Waals surface area contributed by atoms with E-state index in [-0.39, 0.29) is 65.4 Å². The lowest BCUT2D eigenvalue weighted by molar-refractivity contribution is -0.128. The summed E-state index contributed by atoms with van der Waals surface area (Å²) < 4.78 is 31.1. The van der Waals surface area contributed by atoms with Crippen LogP contribution in [0.5, 0.6) is 0 Å². The molecule has 0 saturated heterocycles. The molecule has 0 unspecified atom stereocenters. The van der Waals surface area contributed by atoms with Crippen molar-refractivity contribution in [1.29, 1.82) is 0 Å². The molecule has 0 heterocycles. The van der Waals surface area contributed by atoms with Crippen LogP contribution in [0, 0.1) is 45.8 Å². The van der Waals surface area contributed by atoms with E-state index in [1.54, 1.807) is 0 Å². The molecule has 0 radical (unpaired) electrons. The summed E-state index contributed by atoms with van der Waals surface area (Å²) in [6.07, 6.45) is 5.62. The Morgan fingerprint density at radius 1 is 1.17 bits per heavy atom. The summed E-state index contributed by atoms with van der Waals surface area (Å²) in [7, 11) is -4.40. The molecule has 7 N–H and O–H groups in total. The first kappa shape index (κ1) is 26.8. The third-order valence-electron chi connectivity index (χ3n) is 12.2. The van der Waals surface area contributed by atoms with Gasteiger partial charge in [-0.2, -0.15) is 8.42 Å². The summed E-state index contributed by atoms with van der Waals surface area (Å²) in [5, 5.41) is 35.2. The number of carbonyl (C=O) groups excluding carboxylic acids is 1. The van der Waals surface area contributed by atoms with Crippen LogP contribution < -0.4 is 11.1 Å². The maximum atomic E-state index is 12.3. The Morgan fingerprint density at radius 2 is 1.86 bits per heavy atom. The molecule has 1 amide bonds. The van der Waals surface area contributed by atoms with Gasteiger partial charge in [0.05, 0.1) is 17.8 Å². The maximum Gasteiger partial charge on any atom is 0.282 e. The first-order chi connectivity index (χ1) is 16.6. The summed E-state index contributed by atoms with van der Waals surface area (Å²) in [5.74, 6) is 0.706. The van der Waals surface area contributed by atoms with Crippen LogP contribution in [0.15, 0.2) is 0 Å². The fourth-order valence-electron chi connectivity index (χ4n) is 10.3. The van der Waals surface area contributed by atoms with Gasteiger partial charge in [0, 0.05) is 29.7 Å². The number of aliphatic hydroxyl groups is 3. The highest BCUT2D eigenvalue weighted by Gasteiger charge is 2.91. The number of amides is 1. The lowest BCUT2D eigenvalue weighted by Gasteiger charge is -2.55. The second-order valence-corrected chi connectivity index (χ2v) is 15.0. The van der Waals surface area contributed by atoms with Crippen LogP contribution in [-0.4, -0.2) is 63.9 Å². The molecule has 0 aromatic rings. The molecule has 5 aliphatic rings. The topological polar surface area (TPSA) is 170 Å². The highest BCUT2D eigenvalue weighted by atomic mass is 32.2. The molecule has 5 fully saturated rings. The zero-order valence-corrected chi connectivity index (χ0v) is 22.5. The van der Waals surface area contributed by atoms with E-state index in [2.05, 4.69) is 26.1 Å². The van der Waals surface area contributed by atoms with Crippen LogP contribution in [0.1, 0.15) is 78.6 Å². The molecule has 0 bridgehead atoms. The summed E-state index contributed by atoms with van der Waals surface area (Å²) in [5.41, 5.74) is 3.89. The molecule has 5 saturated carbocycles. The molecule has 206 valence electrons. The van der Waals surface area contributed by atoms with Crippen molar-refractivity contribution in [2.24, 2.45) is 51.6 Å². The number of aliphatic hydroxyl groups excluding tert-OH is 2. The molecule has 9 nitrogen and oxygen atoms in total. The van der Waals surface area contributed by atoms with Crippen molar-refractivity contribution in [2.75, 3.05) is 6.54 Å². The maximum absolute atomic E-state index is 12.3. The van der Waals surface area contributed by atoms with E-state index >= 15 is 0 Å². The average Bonchev–Trinajstić information content (AvgIpc) is 3.16. The second-order valence-electron chi connectivity index (χ2n) is 13.4. The van der Waals surface area contributed by atoms with E-state index in [1.165, 1.54) is 0 Å². The fraction of sp³-hybridized carbons (Fsp3) is 0.962. The summed E-state index contributed by atoms with van der Waals surface area (Å²) in [4.78, 5) is 12.3. The van der Waals surface area contributed by atoms with Crippen LogP contribution in [0.4, 0.5) is 0 Å². The van der Waals surface area contributed by atoms with Crippen LogP contribution >= 0.6 is 0 Å². The Bertz CT molecular complexity index is 1020. The largest absolute Gasteiger partial charge is 0.393 e. The van der Waals surface area contributed by atoms with Gasteiger partial charge in [-0.1, -0.05) is 20.8 Å². The van der Waals surface area contributed by atoms with Gasteiger partial charge in [-0.25, -0.2) is 0 Å². The molecule has 10 heteroatoms. The molecule has 12 atom stereocenters. The predicted molar refractivity (Wildman–Crippen MR) is 133 cm³/mol. The van der Waals surface area contributed by atoms with E-state index in [0.29, 0.717) is 19.3 Å². The van der Waals surface area contributed by atoms with E-state index in [4.69, 9.17) is 10.3 Å². The number of hydrogen-bond donors (Lipinski definition) is 6. The van der Waals surface area contributed by atoms with Crippen LogP contribution in [-0.2, 0) is 14.9 Å². The number of hydrogen-bond acceptors (Lipinski definition) is 7. The number of nitrogens with two attached hydrogens (primary N) is 1. The Kier molecular flexibility index (Phi) is 6.22. The second kappa shape index (κ2) is 8.36. The van der Waals surface area contributed by atoms with Crippen LogP contribution in [0.25, 0.3) is 0 Å². The molecule has 36 heavy (non-hydrogen) atoms. The lowest BCUT2D eigenvalue weighted by Crippen LogP contribution is -2.53. The molecule has 1 spiro atoms. The van der Waals surface area contributed by atoms with Crippen molar-refractivity contribution in [2.45, 2.75) is 102 Å². The Labute approximate surface area is 214 Å². The van der Waals surface area contributed by atoms with Crippen molar-refractivity contribution in [3.63, 3.8) is 0 Å². The number of rotatable bonds is 7. The van der Waals surface area contributed by atoms with Gasteiger partial charge in [0.15, 0.2) is 5.37 Å². The predicted octanol–water partition coefficient (Wildman–Crippen LogP) is 1.41. The Balaban J connectivity index is 1.31.